The maximum atomic E-state index is 11.3. The van der Waals surface area contributed by atoms with Crippen molar-refractivity contribution >= 4 is 23.1 Å². The van der Waals surface area contributed by atoms with Gasteiger partial charge in [0.2, 0.25) is 0 Å². The average Bonchev–Trinajstić information content (AvgIpc) is 2.97. The Labute approximate surface area is 115 Å². The number of hydrogen-bond acceptors (Lipinski definition) is 6. The minimum atomic E-state index is -0.472. The van der Waals surface area contributed by atoms with E-state index in [1.165, 1.54) is 18.2 Å². The molecular weight excluding hydrogens is 262 g/mol. The van der Waals surface area contributed by atoms with E-state index in [4.69, 9.17) is 0 Å². The lowest BCUT2D eigenvalue weighted by Gasteiger charge is -2.20. The molecule has 0 saturated heterocycles. The lowest BCUT2D eigenvalue weighted by molar-refractivity contribution is 0.0593. The number of carbonyl (C=O) groups is 1. The molecule has 0 unspecified atom stereocenters. The number of nitrogens with zero attached hydrogens (tertiary/aromatic N) is 3. The van der Waals surface area contributed by atoms with Crippen LogP contribution in [0.5, 0.6) is 0 Å². The number of ether oxygens (including phenoxy) is 1. The summed E-state index contributed by atoms with van der Waals surface area (Å²) in [5, 5.41) is 2.05. The highest BCUT2D eigenvalue weighted by Gasteiger charge is 2.11. The van der Waals surface area contributed by atoms with Crippen LogP contribution >= 0.6 is 11.3 Å². The number of anilines is 1. The molecule has 0 aliphatic rings. The van der Waals surface area contributed by atoms with Crippen LogP contribution < -0.4 is 4.90 Å². The lowest BCUT2D eigenvalue weighted by atomic mass is 10.4. The van der Waals surface area contributed by atoms with Gasteiger partial charge >= 0.3 is 5.97 Å². The summed E-state index contributed by atoms with van der Waals surface area (Å²) in [6.45, 7) is 3.67. The molecule has 2 aromatic rings. The van der Waals surface area contributed by atoms with Gasteiger partial charge in [-0.3, -0.25) is 0 Å². The lowest BCUT2D eigenvalue weighted by Crippen LogP contribution is -2.23. The summed E-state index contributed by atoms with van der Waals surface area (Å²) in [7, 11) is 1.33. The molecule has 0 bridgehead atoms. The Kier molecular flexibility index (Phi) is 4.46. The fourth-order valence-corrected chi connectivity index (χ4v) is 2.36. The van der Waals surface area contributed by atoms with Crippen molar-refractivity contribution in [2.24, 2.45) is 0 Å². The third kappa shape index (κ3) is 3.29. The number of esters is 1. The van der Waals surface area contributed by atoms with E-state index in [-0.39, 0.29) is 5.69 Å². The highest BCUT2D eigenvalue weighted by Crippen LogP contribution is 2.16. The van der Waals surface area contributed by atoms with Gasteiger partial charge in [-0.05, 0) is 18.4 Å². The third-order valence-corrected chi connectivity index (χ3v) is 3.53. The van der Waals surface area contributed by atoms with Crippen LogP contribution in [0.3, 0.4) is 0 Å². The Balaban J connectivity index is 2.12. The Bertz CT molecular complexity index is 525. The van der Waals surface area contributed by atoms with Crippen LogP contribution in [-0.4, -0.2) is 29.6 Å². The van der Waals surface area contributed by atoms with E-state index in [1.54, 1.807) is 17.5 Å². The zero-order chi connectivity index (χ0) is 13.7. The van der Waals surface area contributed by atoms with Crippen molar-refractivity contribution in [2.75, 3.05) is 18.6 Å². The van der Waals surface area contributed by atoms with E-state index in [9.17, 15) is 4.79 Å². The van der Waals surface area contributed by atoms with Crippen molar-refractivity contribution in [3.63, 3.8) is 0 Å². The molecule has 0 saturated carbocycles. The zero-order valence-electron chi connectivity index (χ0n) is 10.9. The first kappa shape index (κ1) is 13.5. The number of thiophene rings is 1. The highest BCUT2D eigenvalue weighted by atomic mass is 32.1. The standard InChI is InChI=1S/C13H15N3O2S/c1-3-16(9-10-5-4-6-19-10)12-8-14-11(7-15-12)13(17)18-2/h4-8H,3,9H2,1-2H3. The van der Waals surface area contributed by atoms with E-state index in [0.29, 0.717) is 0 Å². The van der Waals surface area contributed by atoms with Crippen LogP contribution in [0.1, 0.15) is 22.3 Å². The Morgan fingerprint density at radius 2 is 2.26 bits per heavy atom. The van der Waals surface area contributed by atoms with Gasteiger partial charge < -0.3 is 9.64 Å². The molecule has 19 heavy (non-hydrogen) atoms. The van der Waals surface area contributed by atoms with Gasteiger partial charge in [0.05, 0.1) is 26.0 Å². The molecule has 0 N–H and O–H groups in total. The molecule has 0 amide bonds. The fraction of sp³-hybridized carbons (Fsp3) is 0.308. The molecule has 0 aliphatic carbocycles. The summed E-state index contributed by atoms with van der Waals surface area (Å²) in [5.74, 6) is 0.281. The Morgan fingerprint density at radius 3 is 2.79 bits per heavy atom. The van der Waals surface area contributed by atoms with Crippen LogP contribution in [0, 0.1) is 0 Å². The van der Waals surface area contributed by atoms with Crippen molar-refractivity contribution in [1.29, 1.82) is 0 Å². The molecule has 6 heteroatoms. The second kappa shape index (κ2) is 6.29. The van der Waals surface area contributed by atoms with E-state index in [0.717, 1.165) is 18.9 Å². The predicted molar refractivity (Wildman–Crippen MR) is 74.4 cm³/mol. The van der Waals surface area contributed by atoms with E-state index < -0.39 is 5.97 Å². The molecule has 2 aromatic heterocycles. The largest absolute Gasteiger partial charge is 0.464 e. The topological polar surface area (TPSA) is 55.3 Å². The minimum Gasteiger partial charge on any atom is -0.464 e. The highest BCUT2D eigenvalue weighted by molar-refractivity contribution is 7.09. The second-order valence-electron chi connectivity index (χ2n) is 3.84. The van der Waals surface area contributed by atoms with Crippen LogP contribution in [-0.2, 0) is 11.3 Å². The minimum absolute atomic E-state index is 0.221. The second-order valence-corrected chi connectivity index (χ2v) is 4.88. The van der Waals surface area contributed by atoms with Crippen LogP contribution in [0.2, 0.25) is 0 Å². The molecule has 0 fully saturated rings. The molecule has 0 spiro atoms. The number of carbonyl (C=O) groups excluding carboxylic acids is 1. The zero-order valence-corrected chi connectivity index (χ0v) is 11.7. The first-order valence-corrected chi connectivity index (χ1v) is 6.80. The van der Waals surface area contributed by atoms with Crippen LogP contribution in [0.4, 0.5) is 5.82 Å². The summed E-state index contributed by atoms with van der Waals surface area (Å²) >= 11 is 1.71. The van der Waals surface area contributed by atoms with E-state index in [2.05, 4.69) is 38.0 Å². The maximum absolute atomic E-state index is 11.3. The molecule has 100 valence electrons. The van der Waals surface area contributed by atoms with Crippen molar-refractivity contribution < 1.29 is 9.53 Å². The number of aromatic nitrogens is 2. The first-order valence-electron chi connectivity index (χ1n) is 5.92. The summed E-state index contributed by atoms with van der Waals surface area (Å²) in [5.41, 5.74) is 0.221. The molecule has 0 radical (unpaired) electrons. The average molecular weight is 277 g/mol. The number of rotatable bonds is 5. The molecule has 5 nitrogen and oxygen atoms in total. The van der Waals surface area contributed by atoms with Crippen LogP contribution in [0.15, 0.2) is 29.9 Å². The van der Waals surface area contributed by atoms with Gasteiger partial charge in [0, 0.05) is 11.4 Å². The number of hydrogen-bond donors (Lipinski definition) is 0. The third-order valence-electron chi connectivity index (χ3n) is 2.67. The summed E-state index contributed by atoms with van der Waals surface area (Å²) in [4.78, 5) is 23.0. The van der Waals surface area contributed by atoms with Gasteiger partial charge in [-0.1, -0.05) is 6.07 Å². The van der Waals surface area contributed by atoms with Crippen molar-refractivity contribution in [1.82, 2.24) is 9.97 Å². The van der Waals surface area contributed by atoms with Crippen LogP contribution in [0.25, 0.3) is 0 Å². The van der Waals surface area contributed by atoms with Gasteiger partial charge in [0.25, 0.3) is 0 Å². The monoisotopic (exact) mass is 277 g/mol. The van der Waals surface area contributed by atoms with E-state index in [1.807, 2.05) is 6.07 Å². The van der Waals surface area contributed by atoms with Crippen molar-refractivity contribution in [3.05, 3.63) is 40.5 Å². The quantitative estimate of drug-likeness (QED) is 0.785. The molecule has 0 aliphatic heterocycles. The maximum Gasteiger partial charge on any atom is 0.358 e. The Morgan fingerprint density at radius 1 is 1.42 bits per heavy atom. The van der Waals surface area contributed by atoms with Gasteiger partial charge in [-0.25, -0.2) is 14.8 Å². The predicted octanol–water partition coefficient (Wildman–Crippen LogP) is 2.35. The van der Waals surface area contributed by atoms with Gasteiger partial charge in [0.1, 0.15) is 5.82 Å². The van der Waals surface area contributed by atoms with E-state index >= 15 is 0 Å². The van der Waals surface area contributed by atoms with Gasteiger partial charge in [0.15, 0.2) is 5.69 Å². The normalized spacial score (nSPS) is 10.2. The summed E-state index contributed by atoms with van der Waals surface area (Å²) < 4.78 is 4.59. The van der Waals surface area contributed by atoms with Crippen molar-refractivity contribution in [3.8, 4) is 0 Å². The molecule has 0 aromatic carbocycles. The molecule has 2 heterocycles. The summed E-state index contributed by atoms with van der Waals surface area (Å²) in [6.07, 6.45) is 3.04. The Hall–Kier alpha value is -1.95. The molecule has 0 atom stereocenters. The van der Waals surface area contributed by atoms with Gasteiger partial charge in [-0.15, -0.1) is 11.3 Å². The fourth-order valence-electron chi connectivity index (χ4n) is 1.64. The number of methoxy groups -OCH3 is 1. The van der Waals surface area contributed by atoms with Gasteiger partial charge in [-0.2, -0.15) is 0 Å². The molecule has 2 rings (SSSR count). The SMILES string of the molecule is CCN(Cc1cccs1)c1cnc(C(=O)OC)cn1. The summed E-state index contributed by atoms with van der Waals surface area (Å²) in [6, 6.07) is 4.11. The molecular formula is C13H15N3O2S. The smallest absolute Gasteiger partial charge is 0.358 e. The van der Waals surface area contributed by atoms with Crippen molar-refractivity contribution in [2.45, 2.75) is 13.5 Å². The first-order chi connectivity index (χ1) is 9.24.